The Bertz CT molecular complexity index is 1040. The fraction of sp³-hybridized carbons (Fsp3) is 0.440. The molecule has 3 rings (SSSR count). The van der Waals surface area contributed by atoms with E-state index in [0.29, 0.717) is 36.6 Å². The summed E-state index contributed by atoms with van der Waals surface area (Å²) in [7, 11) is 3.08. The van der Waals surface area contributed by atoms with Gasteiger partial charge in [0.1, 0.15) is 0 Å². The van der Waals surface area contributed by atoms with Crippen LogP contribution >= 0.6 is 0 Å². The number of hydrogen-bond acceptors (Lipinski definition) is 4. The molecule has 0 radical (unpaired) electrons. The molecular weight excluding hydrogens is 463 g/mol. The summed E-state index contributed by atoms with van der Waals surface area (Å²) in [6, 6.07) is 10.1. The number of alkyl halides is 3. The van der Waals surface area contributed by atoms with Crippen LogP contribution in [0.1, 0.15) is 36.0 Å². The molecule has 35 heavy (non-hydrogen) atoms. The predicted molar refractivity (Wildman–Crippen MR) is 124 cm³/mol. The number of halogens is 3. The van der Waals surface area contributed by atoms with Crippen LogP contribution in [-0.2, 0) is 17.5 Å². The third-order valence-electron chi connectivity index (χ3n) is 6.04. The van der Waals surface area contributed by atoms with Gasteiger partial charge in [0.2, 0.25) is 5.91 Å². The number of methoxy groups -OCH3 is 2. The van der Waals surface area contributed by atoms with Crippen LogP contribution in [0.5, 0.6) is 11.5 Å². The van der Waals surface area contributed by atoms with Crippen LogP contribution in [0.15, 0.2) is 42.5 Å². The van der Waals surface area contributed by atoms with Crippen LogP contribution in [0.4, 0.5) is 18.0 Å². The van der Waals surface area contributed by atoms with Gasteiger partial charge in [-0.1, -0.05) is 18.2 Å². The molecule has 7 nitrogen and oxygen atoms in total. The minimum Gasteiger partial charge on any atom is -0.493 e. The first kappa shape index (κ1) is 26.2. The molecular formula is C25H30F3N3O4. The zero-order chi connectivity index (χ0) is 25.6. The van der Waals surface area contributed by atoms with Crippen LogP contribution in [0.3, 0.4) is 0 Å². The van der Waals surface area contributed by atoms with E-state index in [1.54, 1.807) is 18.1 Å². The van der Waals surface area contributed by atoms with E-state index in [9.17, 15) is 22.8 Å². The zero-order valence-corrected chi connectivity index (χ0v) is 19.9. The van der Waals surface area contributed by atoms with Gasteiger partial charge in [-0.2, -0.15) is 13.2 Å². The number of carbonyl (C=O) groups excluding carboxylic acids is 2. The van der Waals surface area contributed by atoms with Crippen molar-refractivity contribution < 1.29 is 32.2 Å². The Kier molecular flexibility index (Phi) is 8.48. The Morgan fingerprint density at radius 1 is 1.03 bits per heavy atom. The summed E-state index contributed by atoms with van der Waals surface area (Å²) in [4.78, 5) is 27.3. The Morgan fingerprint density at radius 2 is 1.77 bits per heavy atom. The molecule has 1 heterocycles. The molecule has 0 saturated carbocycles. The van der Waals surface area contributed by atoms with Gasteiger partial charge in [0.05, 0.1) is 25.7 Å². The summed E-state index contributed by atoms with van der Waals surface area (Å²) in [6.45, 7) is 2.85. The van der Waals surface area contributed by atoms with Gasteiger partial charge in [-0.25, -0.2) is 4.79 Å². The van der Waals surface area contributed by atoms with Crippen molar-refractivity contribution in [2.75, 3.05) is 33.9 Å². The van der Waals surface area contributed by atoms with E-state index in [-0.39, 0.29) is 30.9 Å². The SMILES string of the molecule is CCNC(=O)N1C[C@@H](C(=O)NCc2cccc(C(F)(F)F)c2)C[C@@H](c2ccc(OC)c(OC)c2)C1. The van der Waals surface area contributed by atoms with Crippen molar-refractivity contribution in [2.45, 2.75) is 32.0 Å². The van der Waals surface area contributed by atoms with Gasteiger partial charge in [0.25, 0.3) is 0 Å². The lowest BCUT2D eigenvalue weighted by Gasteiger charge is -2.37. The zero-order valence-electron chi connectivity index (χ0n) is 19.9. The molecule has 0 aromatic heterocycles. The average Bonchev–Trinajstić information content (AvgIpc) is 2.86. The third kappa shape index (κ3) is 6.58. The van der Waals surface area contributed by atoms with E-state index >= 15 is 0 Å². The molecule has 10 heteroatoms. The van der Waals surface area contributed by atoms with Crippen molar-refractivity contribution in [3.63, 3.8) is 0 Å². The molecule has 2 atom stereocenters. The Morgan fingerprint density at radius 3 is 2.43 bits per heavy atom. The molecule has 0 aliphatic carbocycles. The molecule has 1 fully saturated rings. The Hall–Kier alpha value is -3.43. The number of likely N-dealkylation sites (tertiary alicyclic amines) is 1. The molecule has 2 aromatic carbocycles. The molecule has 0 bridgehead atoms. The quantitative estimate of drug-likeness (QED) is 0.607. The monoisotopic (exact) mass is 493 g/mol. The number of hydrogen-bond donors (Lipinski definition) is 2. The highest BCUT2D eigenvalue weighted by Crippen LogP contribution is 2.36. The van der Waals surface area contributed by atoms with Gasteiger partial charge in [0.15, 0.2) is 11.5 Å². The number of amides is 3. The van der Waals surface area contributed by atoms with Crippen molar-refractivity contribution in [1.82, 2.24) is 15.5 Å². The maximum absolute atomic E-state index is 13.0. The maximum atomic E-state index is 13.0. The summed E-state index contributed by atoms with van der Waals surface area (Å²) >= 11 is 0. The molecule has 2 N–H and O–H groups in total. The summed E-state index contributed by atoms with van der Waals surface area (Å²) in [5.74, 6) is 0.126. The van der Waals surface area contributed by atoms with Crippen molar-refractivity contribution in [3.8, 4) is 11.5 Å². The molecule has 190 valence electrons. The van der Waals surface area contributed by atoms with Gasteiger partial charge >= 0.3 is 12.2 Å². The van der Waals surface area contributed by atoms with E-state index in [4.69, 9.17) is 9.47 Å². The van der Waals surface area contributed by atoms with Gasteiger partial charge in [-0.15, -0.1) is 0 Å². The number of nitrogens with one attached hydrogen (secondary N) is 2. The molecule has 2 aromatic rings. The standard InChI is InChI=1S/C25H30F3N3O4/c1-4-29-24(33)31-14-18(17-8-9-21(34-2)22(12-17)35-3)11-19(15-31)23(32)30-13-16-6-5-7-20(10-16)25(26,27)28/h5-10,12,18-19H,4,11,13-15H2,1-3H3,(H,29,33)(H,30,32)/t18-,19+/m1/s1. The first-order valence-corrected chi connectivity index (χ1v) is 11.3. The largest absolute Gasteiger partial charge is 0.493 e. The van der Waals surface area contributed by atoms with Crippen LogP contribution < -0.4 is 20.1 Å². The first-order valence-electron chi connectivity index (χ1n) is 11.3. The average molecular weight is 494 g/mol. The summed E-state index contributed by atoms with van der Waals surface area (Å²) in [5.41, 5.74) is 0.478. The fourth-order valence-electron chi connectivity index (χ4n) is 4.26. The van der Waals surface area contributed by atoms with E-state index in [1.807, 2.05) is 19.1 Å². The van der Waals surface area contributed by atoms with Gasteiger partial charge in [-0.05, 0) is 48.7 Å². The highest BCUT2D eigenvalue weighted by atomic mass is 19.4. The van der Waals surface area contributed by atoms with Crippen LogP contribution in [-0.4, -0.2) is 50.7 Å². The van der Waals surface area contributed by atoms with Crippen molar-refractivity contribution in [1.29, 1.82) is 0 Å². The second-order valence-corrected chi connectivity index (χ2v) is 8.40. The number of nitrogens with zero attached hydrogens (tertiary/aromatic N) is 1. The highest BCUT2D eigenvalue weighted by molar-refractivity contribution is 5.81. The van der Waals surface area contributed by atoms with Gasteiger partial charge in [-0.3, -0.25) is 4.79 Å². The van der Waals surface area contributed by atoms with Gasteiger partial charge < -0.3 is 25.0 Å². The van der Waals surface area contributed by atoms with Crippen molar-refractivity contribution in [3.05, 3.63) is 59.2 Å². The second kappa shape index (κ2) is 11.3. The molecule has 0 unspecified atom stereocenters. The van der Waals surface area contributed by atoms with Gasteiger partial charge in [0, 0.05) is 32.1 Å². The van der Waals surface area contributed by atoms with E-state index in [2.05, 4.69) is 10.6 Å². The minimum atomic E-state index is -4.46. The Balaban J connectivity index is 1.77. The lowest BCUT2D eigenvalue weighted by Crippen LogP contribution is -2.51. The van der Waals surface area contributed by atoms with E-state index < -0.39 is 17.7 Å². The number of ether oxygens (including phenoxy) is 2. The fourth-order valence-corrected chi connectivity index (χ4v) is 4.26. The third-order valence-corrected chi connectivity index (χ3v) is 6.04. The summed E-state index contributed by atoms with van der Waals surface area (Å²) in [6.07, 6.45) is -3.98. The highest BCUT2D eigenvalue weighted by Gasteiger charge is 2.35. The normalized spacial score (nSPS) is 18.1. The van der Waals surface area contributed by atoms with Crippen molar-refractivity contribution in [2.24, 2.45) is 5.92 Å². The lowest BCUT2D eigenvalue weighted by atomic mass is 9.84. The summed E-state index contributed by atoms with van der Waals surface area (Å²) < 4.78 is 49.7. The molecule has 1 aliphatic heterocycles. The smallest absolute Gasteiger partial charge is 0.416 e. The molecule has 1 aliphatic rings. The lowest BCUT2D eigenvalue weighted by molar-refractivity contribution is -0.137. The van der Waals surface area contributed by atoms with E-state index in [1.165, 1.54) is 19.2 Å². The number of urea groups is 1. The van der Waals surface area contributed by atoms with E-state index in [0.717, 1.165) is 17.7 Å². The Labute approximate surface area is 202 Å². The summed E-state index contributed by atoms with van der Waals surface area (Å²) in [5, 5.41) is 5.51. The first-order chi connectivity index (χ1) is 16.7. The number of benzene rings is 2. The number of piperidine rings is 1. The minimum absolute atomic E-state index is 0.0402. The van der Waals surface area contributed by atoms with Crippen molar-refractivity contribution >= 4 is 11.9 Å². The van der Waals surface area contributed by atoms with Crippen LogP contribution in [0, 0.1) is 5.92 Å². The van der Waals surface area contributed by atoms with Crippen LogP contribution in [0.25, 0.3) is 0 Å². The molecule has 3 amide bonds. The number of rotatable bonds is 7. The second-order valence-electron chi connectivity index (χ2n) is 8.40. The van der Waals surface area contributed by atoms with Crippen LogP contribution in [0.2, 0.25) is 0 Å². The molecule has 0 spiro atoms. The predicted octanol–water partition coefficient (Wildman–Crippen LogP) is 4.17. The maximum Gasteiger partial charge on any atom is 0.416 e. The number of carbonyl (C=O) groups is 2. The topological polar surface area (TPSA) is 79.9 Å². The molecule has 1 saturated heterocycles.